The lowest BCUT2D eigenvalue weighted by atomic mass is 10.1. The first-order valence-corrected chi connectivity index (χ1v) is 9.24. The number of amides is 1. The number of carbonyl (C=O) groups excluding carboxylic acids is 1. The molecule has 4 rings (SSSR count). The first kappa shape index (κ1) is 17.1. The number of aryl methyl sites for hydroxylation is 2. The number of aromatic nitrogens is 4. The van der Waals surface area contributed by atoms with E-state index >= 15 is 0 Å². The molecule has 2 aromatic heterocycles. The summed E-state index contributed by atoms with van der Waals surface area (Å²) in [6, 6.07) is 15.5. The van der Waals surface area contributed by atoms with Gasteiger partial charge in [0.1, 0.15) is 0 Å². The van der Waals surface area contributed by atoms with Gasteiger partial charge in [0, 0.05) is 22.2 Å². The molecule has 0 fully saturated rings. The van der Waals surface area contributed by atoms with Crippen molar-refractivity contribution in [1.82, 2.24) is 20.0 Å². The third kappa shape index (κ3) is 3.63. The molecule has 6 nitrogen and oxygen atoms in total. The van der Waals surface area contributed by atoms with Gasteiger partial charge in [-0.1, -0.05) is 35.0 Å². The van der Waals surface area contributed by atoms with Crippen molar-refractivity contribution in [3.8, 4) is 16.9 Å². The third-order valence-electron chi connectivity index (χ3n) is 4.11. The number of hydrogen-bond donors (Lipinski definition) is 1. The van der Waals surface area contributed by atoms with Crippen molar-refractivity contribution in [1.29, 1.82) is 0 Å². The fourth-order valence-electron chi connectivity index (χ4n) is 2.68. The third-order valence-corrected chi connectivity index (χ3v) is 4.94. The molecule has 0 aliphatic carbocycles. The number of hydrogen-bond acceptors (Lipinski definition) is 5. The number of anilines is 1. The summed E-state index contributed by atoms with van der Waals surface area (Å²) in [6.07, 6.45) is 3.47. The van der Waals surface area contributed by atoms with Gasteiger partial charge in [0.25, 0.3) is 5.91 Å². The molecule has 0 unspecified atom stereocenters. The van der Waals surface area contributed by atoms with Gasteiger partial charge in [-0.2, -0.15) is 0 Å². The van der Waals surface area contributed by atoms with E-state index in [-0.39, 0.29) is 5.91 Å². The van der Waals surface area contributed by atoms with Crippen LogP contribution in [0.3, 0.4) is 0 Å². The second-order valence-corrected chi connectivity index (χ2v) is 7.41. The molecule has 27 heavy (non-hydrogen) atoms. The Hall–Kier alpha value is -3.32. The molecule has 0 atom stereocenters. The zero-order valence-electron chi connectivity index (χ0n) is 14.9. The lowest BCUT2D eigenvalue weighted by Crippen LogP contribution is -2.11. The Kier molecular flexibility index (Phi) is 4.52. The second kappa shape index (κ2) is 7.13. The monoisotopic (exact) mass is 375 g/mol. The van der Waals surface area contributed by atoms with Gasteiger partial charge in [0.15, 0.2) is 5.13 Å². The van der Waals surface area contributed by atoms with E-state index in [2.05, 4.69) is 39.7 Å². The van der Waals surface area contributed by atoms with Crippen LogP contribution in [0.2, 0.25) is 0 Å². The maximum atomic E-state index is 12.4. The van der Waals surface area contributed by atoms with Gasteiger partial charge in [0.05, 0.1) is 17.6 Å². The number of carbonyl (C=O) groups is 1. The van der Waals surface area contributed by atoms with Gasteiger partial charge in [-0.3, -0.25) is 10.1 Å². The lowest BCUT2D eigenvalue weighted by molar-refractivity contribution is 0.102. The molecule has 0 spiro atoms. The summed E-state index contributed by atoms with van der Waals surface area (Å²) >= 11 is 1.45. The van der Waals surface area contributed by atoms with E-state index in [0.717, 1.165) is 21.8 Å². The number of rotatable bonds is 4. The van der Waals surface area contributed by atoms with Crippen LogP contribution in [0, 0.1) is 13.8 Å². The topological polar surface area (TPSA) is 72.7 Å². The average Bonchev–Trinajstić information content (AvgIpc) is 3.32. The van der Waals surface area contributed by atoms with Crippen LogP contribution in [0.5, 0.6) is 0 Å². The van der Waals surface area contributed by atoms with Crippen molar-refractivity contribution >= 4 is 22.4 Å². The predicted octanol–water partition coefficient (Wildman–Crippen LogP) is 4.26. The minimum absolute atomic E-state index is 0.187. The molecular weight excluding hydrogens is 358 g/mol. The summed E-state index contributed by atoms with van der Waals surface area (Å²) in [6.45, 7) is 4.00. The van der Waals surface area contributed by atoms with Crippen LogP contribution >= 0.6 is 11.3 Å². The Balaban J connectivity index is 1.57. The molecule has 0 radical (unpaired) electrons. The fraction of sp³-hybridized carbons (Fsp3) is 0.100. The minimum Gasteiger partial charge on any atom is -0.298 e. The number of nitrogens with one attached hydrogen (secondary N) is 1. The average molecular weight is 375 g/mol. The summed E-state index contributed by atoms with van der Waals surface area (Å²) in [5.41, 5.74) is 4.52. The Morgan fingerprint density at radius 2 is 1.74 bits per heavy atom. The first-order chi connectivity index (χ1) is 13.1. The molecule has 1 N–H and O–H groups in total. The standard InChI is InChI=1S/C20H17N5OS/c1-13-3-5-15(6-4-13)18-12-22-24-25(18)17-9-7-16(8-10-17)19(26)23-20-21-11-14(2)27-20/h3-12H,1-2H3,(H,21,23,26). The second-order valence-electron chi connectivity index (χ2n) is 6.17. The van der Waals surface area contributed by atoms with Crippen LogP contribution in [0.25, 0.3) is 16.9 Å². The van der Waals surface area contributed by atoms with E-state index in [4.69, 9.17) is 0 Å². The highest BCUT2D eigenvalue weighted by Gasteiger charge is 2.11. The molecular formula is C20H17N5OS. The zero-order chi connectivity index (χ0) is 18.8. The molecule has 0 aliphatic rings. The quantitative estimate of drug-likeness (QED) is 0.578. The molecule has 2 heterocycles. The molecule has 0 saturated heterocycles. The van der Waals surface area contributed by atoms with E-state index in [1.54, 1.807) is 29.2 Å². The summed E-state index contributed by atoms with van der Waals surface area (Å²) in [7, 11) is 0. The lowest BCUT2D eigenvalue weighted by Gasteiger charge is -2.08. The van der Waals surface area contributed by atoms with Crippen LogP contribution in [0.4, 0.5) is 5.13 Å². The van der Waals surface area contributed by atoms with Gasteiger partial charge in [0.2, 0.25) is 0 Å². The van der Waals surface area contributed by atoms with Crippen LogP contribution in [-0.4, -0.2) is 25.9 Å². The molecule has 0 aliphatic heterocycles. The molecule has 4 aromatic rings. The van der Waals surface area contributed by atoms with Crippen molar-refractivity contribution in [2.45, 2.75) is 13.8 Å². The smallest absolute Gasteiger partial charge is 0.257 e. The van der Waals surface area contributed by atoms with Crippen LogP contribution in [0.1, 0.15) is 20.8 Å². The van der Waals surface area contributed by atoms with E-state index in [9.17, 15) is 4.79 Å². The normalized spacial score (nSPS) is 10.7. The first-order valence-electron chi connectivity index (χ1n) is 8.42. The van der Waals surface area contributed by atoms with Crippen molar-refractivity contribution in [3.05, 3.63) is 76.9 Å². The molecule has 134 valence electrons. The Bertz CT molecular complexity index is 1080. The molecule has 1 amide bonds. The Labute approximate surface area is 160 Å². The fourth-order valence-corrected chi connectivity index (χ4v) is 3.34. The number of nitrogens with zero attached hydrogens (tertiary/aromatic N) is 4. The number of thiazole rings is 1. The van der Waals surface area contributed by atoms with Crippen LogP contribution in [-0.2, 0) is 0 Å². The van der Waals surface area contributed by atoms with E-state index in [0.29, 0.717) is 10.7 Å². The maximum Gasteiger partial charge on any atom is 0.257 e. The van der Waals surface area contributed by atoms with Crippen LogP contribution in [0.15, 0.2) is 60.9 Å². The molecule has 7 heteroatoms. The highest BCUT2D eigenvalue weighted by Crippen LogP contribution is 2.22. The summed E-state index contributed by atoms with van der Waals surface area (Å²) in [4.78, 5) is 17.6. The molecule has 0 bridgehead atoms. The predicted molar refractivity (Wildman–Crippen MR) is 106 cm³/mol. The van der Waals surface area contributed by atoms with Gasteiger partial charge >= 0.3 is 0 Å². The summed E-state index contributed by atoms with van der Waals surface area (Å²) in [5.74, 6) is -0.187. The zero-order valence-corrected chi connectivity index (χ0v) is 15.7. The number of benzene rings is 2. The highest BCUT2D eigenvalue weighted by molar-refractivity contribution is 7.15. The summed E-state index contributed by atoms with van der Waals surface area (Å²) < 4.78 is 1.76. The van der Waals surface area contributed by atoms with Crippen molar-refractivity contribution in [2.24, 2.45) is 0 Å². The summed E-state index contributed by atoms with van der Waals surface area (Å²) in [5, 5.41) is 11.6. The van der Waals surface area contributed by atoms with Crippen molar-refractivity contribution in [3.63, 3.8) is 0 Å². The van der Waals surface area contributed by atoms with E-state index in [1.807, 2.05) is 31.2 Å². The molecule has 0 saturated carbocycles. The highest BCUT2D eigenvalue weighted by atomic mass is 32.1. The maximum absolute atomic E-state index is 12.4. The Morgan fingerprint density at radius 1 is 1.00 bits per heavy atom. The van der Waals surface area contributed by atoms with Gasteiger partial charge in [-0.25, -0.2) is 9.67 Å². The van der Waals surface area contributed by atoms with Crippen LogP contribution < -0.4 is 5.32 Å². The van der Waals surface area contributed by atoms with Crippen molar-refractivity contribution < 1.29 is 4.79 Å². The van der Waals surface area contributed by atoms with Crippen molar-refractivity contribution in [2.75, 3.05) is 5.32 Å². The van der Waals surface area contributed by atoms with E-state index in [1.165, 1.54) is 16.9 Å². The Morgan fingerprint density at radius 3 is 2.41 bits per heavy atom. The minimum atomic E-state index is -0.187. The molecule has 2 aromatic carbocycles. The van der Waals surface area contributed by atoms with Gasteiger partial charge in [-0.15, -0.1) is 16.4 Å². The SMILES string of the molecule is Cc1ccc(-c2cnnn2-c2ccc(C(=O)Nc3ncc(C)s3)cc2)cc1. The largest absolute Gasteiger partial charge is 0.298 e. The van der Waals surface area contributed by atoms with E-state index < -0.39 is 0 Å². The van der Waals surface area contributed by atoms with Gasteiger partial charge < -0.3 is 0 Å². The van der Waals surface area contributed by atoms with Gasteiger partial charge in [-0.05, 0) is 38.1 Å².